The van der Waals surface area contributed by atoms with Crippen LogP contribution in [0, 0.1) is 13.8 Å². The Hall–Kier alpha value is -2.42. The van der Waals surface area contributed by atoms with E-state index in [2.05, 4.69) is 9.97 Å². The quantitative estimate of drug-likeness (QED) is 0.422. The van der Waals surface area contributed by atoms with Crippen molar-refractivity contribution in [3.63, 3.8) is 0 Å². The van der Waals surface area contributed by atoms with Gasteiger partial charge in [0.1, 0.15) is 0 Å². The summed E-state index contributed by atoms with van der Waals surface area (Å²) in [5, 5.41) is 0.925. The molecule has 2 aromatic carbocycles. The minimum atomic E-state index is -3.68. The van der Waals surface area contributed by atoms with Crippen LogP contribution in [0.2, 0.25) is 0 Å². The third-order valence-corrected chi connectivity index (χ3v) is 8.83. The molecule has 1 aliphatic rings. The molecule has 3 heterocycles. The number of aryl methyl sites for hydroxylation is 2. The molecule has 8 heteroatoms. The normalized spacial score (nSPS) is 14.1. The molecule has 30 heavy (non-hydrogen) atoms. The van der Waals surface area contributed by atoms with Gasteiger partial charge in [0.05, 0.1) is 31.5 Å². The molecule has 0 fully saturated rings. The molecule has 4 aromatic rings. The summed E-state index contributed by atoms with van der Waals surface area (Å²) in [6.07, 6.45) is 1.82. The summed E-state index contributed by atoms with van der Waals surface area (Å²) in [4.78, 5) is 10.2. The number of anilines is 1. The van der Waals surface area contributed by atoms with Gasteiger partial charge < -0.3 is 0 Å². The topological polar surface area (TPSA) is 63.2 Å². The molecule has 5 rings (SSSR count). The smallest absolute Gasteiger partial charge is 0.264 e. The van der Waals surface area contributed by atoms with E-state index in [1.165, 1.54) is 15.6 Å². The van der Waals surface area contributed by atoms with Gasteiger partial charge in [0, 0.05) is 29.0 Å². The number of pyridine rings is 1. The number of benzene rings is 2. The van der Waals surface area contributed by atoms with Crippen LogP contribution < -0.4 is 4.31 Å². The van der Waals surface area contributed by atoms with Gasteiger partial charge in [-0.05, 0) is 55.8 Å². The fourth-order valence-corrected chi connectivity index (χ4v) is 7.14. The summed E-state index contributed by atoms with van der Waals surface area (Å²) in [5.41, 5.74) is 4.37. The van der Waals surface area contributed by atoms with Crippen LogP contribution in [0.5, 0.6) is 0 Å². The minimum absolute atomic E-state index is 0.301. The van der Waals surface area contributed by atoms with Crippen molar-refractivity contribution in [2.75, 3.05) is 16.6 Å². The van der Waals surface area contributed by atoms with E-state index >= 15 is 0 Å². The average Bonchev–Trinajstić information content (AvgIpc) is 3.12. The van der Waals surface area contributed by atoms with Gasteiger partial charge in [0.2, 0.25) is 0 Å². The lowest BCUT2D eigenvalue weighted by Gasteiger charge is -2.30. The number of rotatable bonds is 3. The molecule has 0 N–H and O–H groups in total. The highest BCUT2D eigenvalue weighted by molar-refractivity contribution is 8.00. The second-order valence-electron chi connectivity index (χ2n) is 7.19. The third kappa shape index (κ3) is 3.38. The molecule has 152 valence electrons. The highest BCUT2D eigenvalue weighted by atomic mass is 32.2. The van der Waals surface area contributed by atoms with Crippen LogP contribution in [-0.2, 0) is 10.0 Å². The standard InChI is InChI=1S/C22H19N3O2S3/c1-14-3-6-18(23-13-14)16-4-8-21-20(11-16)25(9-10-28-21)30(26,27)17-5-7-19-22(12-17)29-15(2)24-19/h3-8,11-13H,9-10H2,1-2H3. The van der Waals surface area contributed by atoms with Crippen LogP contribution in [0.15, 0.2) is 64.5 Å². The van der Waals surface area contributed by atoms with Crippen LogP contribution in [0.4, 0.5) is 5.69 Å². The van der Waals surface area contributed by atoms with Crippen LogP contribution >= 0.6 is 23.1 Å². The van der Waals surface area contributed by atoms with Crippen molar-refractivity contribution in [1.82, 2.24) is 9.97 Å². The van der Waals surface area contributed by atoms with Crippen LogP contribution in [-0.4, -0.2) is 30.7 Å². The van der Waals surface area contributed by atoms with Gasteiger partial charge in [-0.2, -0.15) is 0 Å². The lowest BCUT2D eigenvalue weighted by Crippen LogP contribution is -2.35. The Morgan fingerprint density at radius 1 is 1.03 bits per heavy atom. The molecular formula is C22H19N3O2S3. The lowest BCUT2D eigenvalue weighted by molar-refractivity contribution is 0.591. The third-order valence-electron chi connectivity index (χ3n) is 5.04. The van der Waals surface area contributed by atoms with Crippen molar-refractivity contribution >= 4 is 49.0 Å². The van der Waals surface area contributed by atoms with Crippen LogP contribution in [0.3, 0.4) is 0 Å². The second-order valence-corrected chi connectivity index (χ2v) is 11.4. The van der Waals surface area contributed by atoms with Crippen molar-refractivity contribution in [1.29, 1.82) is 0 Å². The van der Waals surface area contributed by atoms with E-state index in [0.29, 0.717) is 17.1 Å². The Balaban J connectivity index is 1.59. The highest BCUT2D eigenvalue weighted by Gasteiger charge is 2.30. The Morgan fingerprint density at radius 3 is 2.70 bits per heavy atom. The summed E-state index contributed by atoms with van der Waals surface area (Å²) in [6.45, 7) is 4.36. The van der Waals surface area contributed by atoms with Crippen molar-refractivity contribution in [3.05, 3.63) is 65.3 Å². The zero-order valence-corrected chi connectivity index (χ0v) is 18.9. The predicted molar refractivity (Wildman–Crippen MR) is 124 cm³/mol. The SMILES string of the molecule is Cc1ccc(-c2ccc3c(c2)N(S(=O)(=O)c2ccc4nc(C)sc4c2)CCS3)nc1. The zero-order chi connectivity index (χ0) is 20.9. The molecular weight excluding hydrogens is 434 g/mol. The van der Waals surface area contributed by atoms with E-state index in [1.54, 1.807) is 30.0 Å². The molecule has 0 spiro atoms. The van der Waals surface area contributed by atoms with Gasteiger partial charge in [-0.25, -0.2) is 13.4 Å². The van der Waals surface area contributed by atoms with E-state index in [-0.39, 0.29) is 0 Å². The first kappa shape index (κ1) is 19.5. The maximum atomic E-state index is 13.6. The molecule has 5 nitrogen and oxygen atoms in total. The first-order valence-electron chi connectivity index (χ1n) is 9.52. The summed E-state index contributed by atoms with van der Waals surface area (Å²) in [7, 11) is -3.68. The number of aromatic nitrogens is 2. The molecule has 0 saturated carbocycles. The summed E-state index contributed by atoms with van der Waals surface area (Å²) in [5.74, 6) is 0.719. The van der Waals surface area contributed by atoms with Crippen LogP contribution in [0.1, 0.15) is 10.6 Å². The number of hydrogen-bond acceptors (Lipinski definition) is 6. The van der Waals surface area contributed by atoms with E-state index in [1.807, 2.05) is 50.4 Å². The molecule has 1 aliphatic heterocycles. The van der Waals surface area contributed by atoms with Crippen molar-refractivity contribution in [2.45, 2.75) is 23.6 Å². The first-order valence-corrected chi connectivity index (χ1v) is 12.8. The second kappa shape index (κ2) is 7.37. The molecule has 0 saturated heterocycles. The number of fused-ring (bicyclic) bond motifs is 2. The Bertz CT molecular complexity index is 1360. The van der Waals surface area contributed by atoms with Gasteiger partial charge in [-0.1, -0.05) is 12.1 Å². The molecule has 0 bridgehead atoms. The van der Waals surface area contributed by atoms with E-state index < -0.39 is 10.0 Å². The number of thioether (sulfide) groups is 1. The molecule has 0 unspecified atom stereocenters. The average molecular weight is 454 g/mol. The Kier molecular flexibility index (Phi) is 4.80. The van der Waals surface area contributed by atoms with Crippen LogP contribution in [0.25, 0.3) is 21.5 Å². The van der Waals surface area contributed by atoms with Gasteiger partial charge in [-0.3, -0.25) is 9.29 Å². The summed E-state index contributed by atoms with van der Waals surface area (Å²) in [6, 6.07) is 15.1. The van der Waals surface area contributed by atoms with E-state index in [0.717, 1.165) is 42.7 Å². The monoisotopic (exact) mass is 453 g/mol. The Labute approximate surface area is 183 Å². The molecule has 2 aromatic heterocycles. The van der Waals surface area contributed by atoms with Crippen molar-refractivity contribution in [3.8, 4) is 11.3 Å². The summed E-state index contributed by atoms with van der Waals surface area (Å²) < 4.78 is 29.6. The van der Waals surface area contributed by atoms with E-state index in [9.17, 15) is 8.42 Å². The number of sulfonamides is 1. The molecule has 0 atom stereocenters. The zero-order valence-electron chi connectivity index (χ0n) is 16.5. The summed E-state index contributed by atoms with van der Waals surface area (Å²) >= 11 is 3.19. The van der Waals surface area contributed by atoms with Gasteiger partial charge >= 0.3 is 0 Å². The van der Waals surface area contributed by atoms with E-state index in [4.69, 9.17) is 0 Å². The Morgan fingerprint density at radius 2 is 1.90 bits per heavy atom. The molecule has 0 radical (unpaired) electrons. The fraction of sp³-hybridized carbons (Fsp3) is 0.182. The molecule has 0 amide bonds. The van der Waals surface area contributed by atoms with Gasteiger partial charge in [-0.15, -0.1) is 23.1 Å². The van der Waals surface area contributed by atoms with Gasteiger partial charge in [0.25, 0.3) is 10.0 Å². The predicted octanol–water partition coefficient (Wildman–Crippen LogP) is 5.28. The van der Waals surface area contributed by atoms with Gasteiger partial charge in [0.15, 0.2) is 0 Å². The maximum Gasteiger partial charge on any atom is 0.264 e. The number of hydrogen-bond donors (Lipinski definition) is 0. The largest absolute Gasteiger partial charge is 0.264 e. The van der Waals surface area contributed by atoms with Crippen molar-refractivity contribution in [2.24, 2.45) is 0 Å². The molecule has 0 aliphatic carbocycles. The van der Waals surface area contributed by atoms with Crippen molar-refractivity contribution < 1.29 is 8.42 Å². The lowest BCUT2D eigenvalue weighted by atomic mass is 10.1. The minimum Gasteiger partial charge on any atom is -0.264 e. The highest BCUT2D eigenvalue weighted by Crippen LogP contribution is 2.40. The maximum absolute atomic E-state index is 13.6. The number of nitrogens with zero attached hydrogens (tertiary/aromatic N) is 3. The number of thiazole rings is 1. The first-order chi connectivity index (χ1) is 14.4. The fourth-order valence-electron chi connectivity index (χ4n) is 3.55.